The van der Waals surface area contributed by atoms with Gasteiger partial charge in [0.2, 0.25) is 11.8 Å². The molecule has 0 spiro atoms. The van der Waals surface area contributed by atoms with Crippen LogP contribution in [0.2, 0.25) is 0 Å². The molecule has 3 fully saturated rings. The predicted molar refractivity (Wildman–Crippen MR) is 124 cm³/mol. The summed E-state index contributed by atoms with van der Waals surface area (Å²) in [6.07, 6.45) is -21.3. The molecule has 232 valence electrons. The Balaban J connectivity index is 1.95. The summed E-state index contributed by atoms with van der Waals surface area (Å²) < 4.78 is 27.9. The first kappa shape index (κ1) is 32.9. The number of amides is 2. The lowest BCUT2D eigenvalue weighted by molar-refractivity contribution is -0.356. The Morgan fingerprint density at radius 2 is 1.07 bits per heavy atom. The molecule has 2 amide bonds. The van der Waals surface area contributed by atoms with Gasteiger partial charge >= 0.3 is 0 Å². The molecule has 18 heteroatoms. The second-order valence-electron chi connectivity index (χ2n) is 9.81. The lowest BCUT2D eigenvalue weighted by Gasteiger charge is -2.49. The lowest BCUT2D eigenvalue weighted by Crippen LogP contribution is -2.70. The molecule has 11 N–H and O–H groups in total. The van der Waals surface area contributed by atoms with Gasteiger partial charge in [-0.05, 0) is 0 Å². The highest BCUT2D eigenvalue weighted by molar-refractivity contribution is 5.73. The zero-order chi connectivity index (χ0) is 29.9. The highest BCUT2D eigenvalue weighted by atomic mass is 16.7. The van der Waals surface area contributed by atoms with Crippen LogP contribution in [-0.4, -0.2) is 170 Å². The number of carbonyl (C=O) groups excluding carboxylic acids is 2. The molecule has 0 bridgehead atoms. The average Bonchev–Trinajstić information content (AvgIpc) is 2.90. The molecule has 40 heavy (non-hydrogen) atoms. The molecular formula is C22H38N2O16. The third kappa shape index (κ3) is 7.05. The van der Waals surface area contributed by atoms with Crippen molar-refractivity contribution in [3.8, 4) is 0 Å². The molecule has 3 aliphatic rings. The van der Waals surface area contributed by atoms with Crippen LogP contribution in [0.25, 0.3) is 0 Å². The van der Waals surface area contributed by atoms with Crippen LogP contribution in [0, 0.1) is 0 Å². The maximum absolute atomic E-state index is 12.1. The first-order valence-electron chi connectivity index (χ1n) is 12.6. The molecule has 3 heterocycles. The SMILES string of the molecule is CC(=O)N[C@H]1[C@H](O[C@H]2[C@H](O)[C@@H](CO)O[C@@H](O[C@H]3[C@H](O)[C@H](O)[C@H](O)O[C@@H]3CO)[C@@H]2NC(C)=O)O[C@H](CO)[C@H](O)[C@@H]1O. The largest absolute Gasteiger partial charge is 0.394 e. The maximum atomic E-state index is 12.1. The van der Waals surface area contributed by atoms with Crippen molar-refractivity contribution in [1.82, 2.24) is 10.6 Å². The number of nitrogens with one attached hydrogen (secondary N) is 2. The highest BCUT2D eigenvalue weighted by Gasteiger charge is 2.54. The third-order valence-corrected chi connectivity index (χ3v) is 6.90. The summed E-state index contributed by atoms with van der Waals surface area (Å²) in [5.74, 6) is -1.34. The van der Waals surface area contributed by atoms with Gasteiger partial charge < -0.3 is 80.3 Å². The van der Waals surface area contributed by atoms with E-state index in [2.05, 4.69) is 10.6 Å². The van der Waals surface area contributed by atoms with E-state index in [-0.39, 0.29) is 0 Å². The second-order valence-corrected chi connectivity index (χ2v) is 9.81. The number of hydrogen-bond donors (Lipinski definition) is 11. The number of aliphatic hydroxyl groups is 9. The van der Waals surface area contributed by atoms with Crippen LogP contribution in [0.5, 0.6) is 0 Å². The van der Waals surface area contributed by atoms with Gasteiger partial charge in [-0.1, -0.05) is 0 Å². The highest BCUT2D eigenvalue weighted by Crippen LogP contribution is 2.32. The quantitative estimate of drug-likeness (QED) is 0.120. The third-order valence-electron chi connectivity index (χ3n) is 6.90. The standard InChI is InChI=1S/C22H38N2O16/c1-6(28)23-11-15(32)13(30)8(3-25)37-21(11)40-19-12(24-7(2)29)22(38-9(4-26)14(19)31)39-18-10(5-27)36-20(35)17(34)16(18)33/h8-22,25-27,30-35H,3-5H2,1-2H3,(H,23,28)(H,24,29)/t8-,9-,10-,11-,12-,13+,14-,15-,16-,17+,18-,19-,20-,21+,22+/m1/s1. The van der Waals surface area contributed by atoms with Gasteiger partial charge in [0.25, 0.3) is 0 Å². The van der Waals surface area contributed by atoms with Crippen LogP contribution in [0.15, 0.2) is 0 Å². The van der Waals surface area contributed by atoms with Crippen molar-refractivity contribution in [1.29, 1.82) is 0 Å². The van der Waals surface area contributed by atoms with Gasteiger partial charge in [0.1, 0.15) is 73.1 Å². The molecule has 0 saturated carbocycles. The Morgan fingerprint density at radius 3 is 1.60 bits per heavy atom. The van der Waals surface area contributed by atoms with E-state index in [9.17, 15) is 55.5 Å². The van der Waals surface area contributed by atoms with Gasteiger partial charge in [-0.2, -0.15) is 0 Å². The molecule has 0 aromatic heterocycles. The Bertz CT molecular complexity index is 852. The van der Waals surface area contributed by atoms with E-state index in [1.807, 2.05) is 0 Å². The van der Waals surface area contributed by atoms with E-state index in [1.54, 1.807) is 0 Å². The van der Waals surface area contributed by atoms with E-state index < -0.39 is 124 Å². The topological polar surface area (TPSA) is 286 Å². The van der Waals surface area contributed by atoms with E-state index >= 15 is 0 Å². The molecule has 0 unspecified atom stereocenters. The van der Waals surface area contributed by atoms with Gasteiger partial charge in [-0.15, -0.1) is 0 Å². The Kier molecular flexibility index (Phi) is 11.5. The average molecular weight is 587 g/mol. The summed E-state index contributed by atoms with van der Waals surface area (Å²) in [4.78, 5) is 23.9. The minimum absolute atomic E-state index is 0.654. The molecule has 3 aliphatic heterocycles. The molecule has 18 nitrogen and oxygen atoms in total. The molecule has 0 aromatic rings. The fourth-order valence-electron chi connectivity index (χ4n) is 4.87. The summed E-state index contributed by atoms with van der Waals surface area (Å²) in [6, 6.07) is -2.90. The Labute approximate surface area is 228 Å². The molecule has 0 aromatic carbocycles. The van der Waals surface area contributed by atoms with Crippen LogP contribution >= 0.6 is 0 Å². The Morgan fingerprint density at radius 1 is 0.600 bits per heavy atom. The molecule has 3 saturated heterocycles. The van der Waals surface area contributed by atoms with Crippen LogP contribution in [-0.2, 0) is 33.3 Å². The number of hydrogen-bond acceptors (Lipinski definition) is 16. The van der Waals surface area contributed by atoms with Crippen LogP contribution in [0.4, 0.5) is 0 Å². The summed E-state index contributed by atoms with van der Waals surface area (Å²) >= 11 is 0. The first-order chi connectivity index (χ1) is 18.8. The van der Waals surface area contributed by atoms with Crippen molar-refractivity contribution in [3.05, 3.63) is 0 Å². The molecular weight excluding hydrogens is 548 g/mol. The monoisotopic (exact) mass is 586 g/mol. The fraction of sp³-hybridized carbons (Fsp3) is 0.909. The molecule has 0 radical (unpaired) electrons. The van der Waals surface area contributed by atoms with Gasteiger partial charge in [0.15, 0.2) is 18.9 Å². The summed E-state index contributed by atoms with van der Waals surface area (Å²) in [5.41, 5.74) is 0. The summed E-state index contributed by atoms with van der Waals surface area (Å²) in [6.45, 7) is -0.149. The minimum Gasteiger partial charge on any atom is -0.394 e. The van der Waals surface area contributed by atoms with Gasteiger partial charge in [-0.25, -0.2) is 0 Å². The maximum Gasteiger partial charge on any atom is 0.217 e. The van der Waals surface area contributed by atoms with Crippen molar-refractivity contribution in [2.24, 2.45) is 0 Å². The summed E-state index contributed by atoms with van der Waals surface area (Å²) in [7, 11) is 0. The number of ether oxygens (including phenoxy) is 5. The van der Waals surface area contributed by atoms with Crippen molar-refractivity contribution in [2.75, 3.05) is 19.8 Å². The van der Waals surface area contributed by atoms with E-state index in [0.29, 0.717) is 0 Å². The van der Waals surface area contributed by atoms with E-state index in [1.165, 1.54) is 0 Å². The predicted octanol–water partition coefficient (Wildman–Crippen LogP) is -7.29. The second kappa shape index (κ2) is 14.0. The fourth-order valence-corrected chi connectivity index (χ4v) is 4.87. The molecule has 15 atom stereocenters. The number of aliphatic hydroxyl groups excluding tert-OH is 9. The van der Waals surface area contributed by atoms with Crippen LogP contribution in [0.1, 0.15) is 13.8 Å². The molecule has 0 aliphatic carbocycles. The van der Waals surface area contributed by atoms with Gasteiger partial charge in [0.05, 0.1) is 19.8 Å². The van der Waals surface area contributed by atoms with Crippen molar-refractivity contribution >= 4 is 11.8 Å². The number of rotatable bonds is 9. The first-order valence-corrected chi connectivity index (χ1v) is 12.6. The number of carbonyl (C=O) groups is 2. The zero-order valence-electron chi connectivity index (χ0n) is 21.7. The minimum atomic E-state index is -1.86. The smallest absolute Gasteiger partial charge is 0.217 e. The van der Waals surface area contributed by atoms with Crippen molar-refractivity contribution in [3.63, 3.8) is 0 Å². The van der Waals surface area contributed by atoms with Gasteiger partial charge in [0, 0.05) is 13.8 Å². The Hall–Kier alpha value is -1.62. The van der Waals surface area contributed by atoms with E-state index in [4.69, 9.17) is 23.7 Å². The molecule has 3 rings (SSSR count). The normalized spacial score (nSPS) is 46.0. The van der Waals surface area contributed by atoms with Crippen molar-refractivity contribution < 1.29 is 79.2 Å². The van der Waals surface area contributed by atoms with Gasteiger partial charge in [-0.3, -0.25) is 9.59 Å². The van der Waals surface area contributed by atoms with E-state index in [0.717, 1.165) is 13.8 Å². The summed E-state index contributed by atoms with van der Waals surface area (Å²) in [5, 5.41) is 96.2. The zero-order valence-corrected chi connectivity index (χ0v) is 21.7. The van der Waals surface area contributed by atoms with Crippen molar-refractivity contribution in [2.45, 2.75) is 106 Å². The lowest BCUT2D eigenvalue weighted by atomic mass is 9.94. The van der Waals surface area contributed by atoms with Crippen LogP contribution < -0.4 is 10.6 Å². The van der Waals surface area contributed by atoms with Crippen LogP contribution in [0.3, 0.4) is 0 Å².